The Balaban J connectivity index is 2.28. The SMILES string of the molecule is CC1=CC(Cc2ccccc2)=C(CN)C(O)N1. The number of aliphatic hydroxyl groups is 1. The highest BCUT2D eigenvalue weighted by Crippen LogP contribution is 2.20. The molecule has 1 unspecified atom stereocenters. The van der Waals surface area contributed by atoms with Gasteiger partial charge in [-0.3, -0.25) is 0 Å². The first kappa shape index (κ1) is 11.9. The molecule has 0 spiro atoms. The molecule has 90 valence electrons. The average molecular weight is 230 g/mol. The van der Waals surface area contributed by atoms with Crippen molar-refractivity contribution in [3.05, 3.63) is 58.8 Å². The van der Waals surface area contributed by atoms with Gasteiger partial charge in [-0.15, -0.1) is 0 Å². The summed E-state index contributed by atoms with van der Waals surface area (Å²) in [6, 6.07) is 10.2. The summed E-state index contributed by atoms with van der Waals surface area (Å²) in [6.07, 6.45) is 2.22. The second kappa shape index (κ2) is 5.17. The Hall–Kier alpha value is -1.58. The third-order valence-corrected chi connectivity index (χ3v) is 2.95. The van der Waals surface area contributed by atoms with Crippen LogP contribution in [0.5, 0.6) is 0 Å². The number of nitrogens with one attached hydrogen (secondary N) is 1. The van der Waals surface area contributed by atoms with Crippen LogP contribution in [0.15, 0.2) is 53.3 Å². The third-order valence-electron chi connectivity index (χ3n) is 2.95. The minimum Gasteiger partial charge on any atom is -0.370 e. The lowest BCUT2D eigenvalue weighted by Gasteiger charge is -2.25. The third kappa shape index (κ3) is 2.75. The van der Waals surface area contributed by atoms with E-state index < -0.39 is 6.23 Å². The van der Waals surface area contributed by atoms with E-state index >= 15 is 0 Å². The lowest BCUT2D eigenvalue weighted by molar-refractivity contribution is 0.180. The average Bonchev–Trinajstić information content (AvgIpc) is 2.30. The molecule has 17 heavy (non-hydrogen) atoms. The molecule has 0 saturated carbocycles. The van der Waals surface area contributed by atoms with Gasteiger partial charge >= 0.3 is 0 Å². The van der Waals surface area contributed by atoms with Gasteiger partial charge in [0, 0.05) is 12.2 Å². The Labute approximate surface area is 102 Å². The first-order valence-corrected chi connectivity index (χ1v) is 5.79. The van der Waals surface area contributed by atoms with E-state index in [0.29, 0.717) is 6.54 Å². The molecular weight excluding hydrogens is 212 g/mol. The summed E-state index contributed by atoms with van der Waals surface area (Å²) in [4.78, 5) is 0. The topological polar surface area (TPSA) is 58.3 Å². The van der Waals surface area contributed by atoms with Gasteiger partial charge in [0.05, 0.1) is 0 Å². The minimum absolute atomic E-state index is 0.375. The number of aliphatic hydroxyl groups excluding tert-OH is 1. The molecule has 1 aliphatic heterocycles. The molecule has 3 nitrogen and oxygen atoms in total. The van der Waals surface area contributed by atoms with Crippen LogP contribution >= 0.6 is 0 Å². The van der Waals surface area contributed by atoms with E-state index in [2.05, 4.69) is 23.5 Å². The molecule has 0 aliphatic carbocycles. The number of allylic oxidation sites excluding steroid dienone is 3. The van der Waals surface area contributed by atoms with E-state index in [1.54, 1.807) is 0 Å². The molecule has 1 aromatic carbocycles. The summed E-state index contributed by atoms with van der Waals surface area (Å²) in [5.41, 5.74) is 9.89. The zero-order valence-corrected chi connectivity index (χ0v) is 9.98. The number of nitrogens with two attached hydrogens (primary N) is 1. The normalized spacial score (nSPS) is 19.9. The van der Waals surface area contributed by atoms with Gasteiger partial charge in [-0.2, -0.15) is 0 Å². The summed E-state index contributed by atoms with van der Waals surface area (Å²) in [5, 5.41) is 12.9. The molecule has 0 amide bonds. The van der Waals surface area contributed by atoms with E-state index in [1.807, 2.05) is 25.1 Å². The Morgan fingerprint density at radius 2 is 2.00 bits per heavy atom. The first-order chi connectivity index (χ1) is 8.20. The van der Waals surface area contributed by atoms with Gasteiger partial charge in [0.15, 0.2) is 0 Å². The summed E-state index contributed by atoms with van der Waals surface area (Å²) in [7, 11) is 0. The molecule has 1 aromatic rings. The molecule has 0 fully saturated rings. The maximum absolute atomic E-state index is 9.90. The number of dihydropyridines is 1. The van der Waals surface area contributed by atoms with Crippen molar-refractivity contribution in [3.63, 3.8) is 0 Å². The molecule has 0 bridgehead atoms. The Kier molecular flexibility index (Phi) is 3.61. The maximum atomic E-state index is 9.90. The second-order valence-electron chi connectivity index (χ2n) is 4.29. The molecule has 1 atom stereocenters. The summed E-state index contributed by atoms with van der Waals surface area (Å²) >= 11 is 0. The lowest BCUT2D eigenvalue weighted by atomic mass is 9.95. The predicted molar refractivity (Wildman–Crippen MR) is 69.1 cm³/mol. The highest BCUT2D eigenvalue weighted by atomic mass is 16.3. The van der Waals surface area contributed by atoms with Crippen LogP contribution in [0.25, 0.3) is 0 Å². The van der Waals surface area contributed by atoms with Gasteiger partial charge in [0.2, 0.25) is 0 Å². The summed E-state index contributed by atoms with van der Waals surface area (Å²) in [5.74, 6) is 0. The van der Waals surface area contributed by atoms with E-state index in [1.165, 1.54) is 5.56 Å². The van der Waals surface area contributed by atoms with Crippen LogP contribution in [0.2, 0.25) is 0 Å². The number of hydrogen-bond donors (Lipinski definition) is 3. The Morgan fingerprint density at radius 3 is 2.65 bits per heavy atom. The van der Waals surface area contributed by atoms with Crippen LogP contribution < -0.4 is 11.1 Å². The maximum Gasteiger partial charge on any atom is 0.148 e. The molecule has 4 N–H and O–H groups in total. The van der Waals surface area contributed by atoms with Crippen molar-refractivity contribution in [1.29, 1.82) is 0 Å². The van der Waals surface area contributed by atoms with E-state index in [4.69, 9.17) is 5.73 Å². The number of benzene rings is 1. The van der Waals surface area contributed by atoms with Gasteiger partial charge in [-0.1, -0.05) is 30.3 Å². The van der Waals surface area contributed by atoms with Gasteiger partial charge in [0.1, 0.15) is 6.23 Å². The van der Waals surface area contributed by atoms with E-state index in [9.17, 15) is 5.11 Å². The van der Waals surface area contributed by atoms with Gasteiger partial charge in [-0.25, -0.2) is 0 Å². The number of rotatable bonds is 3. The van der Waals surface area contributed by atoms with Crippen molar-refractivity contribution in [2.45, 2.75) is 19.6 Å². The number of hydrogen-bond acceptors (Lipinski definition) is 3. The predicted octanol–water partition coefficient (Wildman–Crippen LogP) is 1.31. The fraction of sp³-hybridized carbons (Fsp3) is 0.286. The highest BCUT2D eigenvalue weighted by molar-refractivity contribution is 5.39. The Bertz CT molecular complexity index is 449. The van der Waals surface area contributed by atoms with Crippen LogP contribution in [0.1, 0.15) is 12.5 Å². The van der Waals surface area contributed by atoms with Crippen molar-refractivity contribution in [1.82, 2.24) is 5.32 Å². The fourth-order valence-electron chi connectivity index (χ4n) is 2.10. The van der Waals surface area contributed by atoms with Crippen molar-refractivity contribution in [2.24, 2.45) is 5.73 Å². The molecule has 3 heteroatoms. The lowest BCUT2D eigenvalue weighted by Crippen LogP contribution is -2.36. The molecule has 2 rings (SSSR count). The molecule has 0 saturated heterocycles. The summed E-state index contributed by atoms with van der Waals surface area (Å²) in [6.45, 7) is 2.32. The van der Waals surface area contributed by atoms with Crippen LogP contribution in [-0.4, -0.2) is 17.9 Å². The summed E-state index contributed by atoms with van der Waals surface area (Å²) < 4.78 is 0. The monoisotopic (exact) mass is 230 g/mol. The highest BCUT2D eigenvalue weighted by Gasteiger charge is 2.18. The molecule has 0 aromatic heterocycles. The van der Waals surface area contributed by atoms with Crippen molar-refractivity contribution >= 4 is 0 Å². The van der Waals surface area contributed by atoms with E-state index in [-0.39, 0.29) is 0 Å². The van der Waals surface area contributed by atoms with E-state index in [0.717, 1.165) is 23.3 Å². The van der Waals surface area contributed by atoms with Gasteiger partial charge in [0.25, 0.3) is 0 Å². The van der Waals surface area contributed by atoms with Crippen molar-refractivity contribution in [2.75, 3.05) is 6.54 Å². The standard InChI is InChI=1S/C14H18N2O/c1-10-7-12(13(9-15)14(17)16-10)8-11-5-3-2-4-6-11/h2-7,14,16-17H,8-9,15H2,1H3. The van der Waals surface area contributed by atoms with Crippen LogP contribution in [0, 0.1) is 0 Å². The zero-order chi connectivity index (χ0) is 12.3. The van der Waals surface area contributed by atoms with Gasteiger partial charge in [-0.05, 0) is 36.1 Å². The van der Waals surface area contributed by atoms with Crippen LogP contribution in [-0.2, 0) is 6.42 Å². The molecule has 1 heterocycles. The zero-order valence-electron chi connectivity index (χ0n) is 9.98. The molecule has 0 radical (unpaired) electrons. The van der Waals surface area contributed by atoms with Crippen LogP contribution in [0.3, 0.4) is 0 Å². The smallest absolute Gasteiger partial charge is 0.148 e. The van der Waals surface area contributed by atoms with Crippen LogP contribution in [0.4, 0.5) is 0 Å². The van der Waals surface area contributed by atoms with Gasteiger partial charge < -0.3 is 16.2 Å². The minimum atomic E-state index is -0.649. The quantitative estimate of drug-likeness (QED) is 0.734. The first-order valence-electron chi connectivity index (χ1n) is 5.79. The largest absolute Gasteiger partial charge is 0.370 e. The van der Waals surface area contributed by atoms with Crippen molar-refractivity contribution < 1.29 is 5.11 Å². The fourth-order valence-corrected chi connectivity index (χ4v) is 2.10. The molecule has 1 aliphatic rings. The van der Waals surface area contributed by atoms with Crippen molar-refractivity contribution in [3.8, 4) is 0 Å². The molecular formula is C14H18N2O. The Morgan fingerprint density at radius 1 is 1.29 bits per heavy atom. The second-order valence-corrected chi connectivity index (χ2v) is 4.29.